The van der Waals surface area contributed by atoms with E-state index in [0.29, 0.717) is 6.32 Å². The minimum atomic E-state index is -0.291. The van der Waals surface area contributed by atoms with E-state index in [1.807, 2.05) is 27.7 Å². The van der Waals surface area contributed by atoms with Gasteiger partial charge in [0.1, 0.15) is 4.60 Å². The zero-order valence-corrected chi connectivity index (χ0v) is 12.1. The number of nitrogens with zero attached hydrogens (tertiary/aromatic N) is 2. The van der Waals surface area contributed by atoms with Crippen LogP contribution in [-0.4, -0.2) is 28.3 Å². The van der Waals surface area contributed by atoms with E-state index >= 15 is 0 Å². The summed E-state index contributed by atoms with van der Waals surface area (Å²) in [7, 11) is -0.254. The highest BCUT2D eigenvalue weighted by molar-refractivity contribution is 9.10. The van der Waals surface area contributed by atoms with Crippen LogP contribution in [0, 0.1) is 0 Å². The molecule has 2 heterocycles. The zero-order chi connectivity index (χ0) is 12.7. The average Bonchev–Trinajstić information content (AvgIpc) is 2.39. The fourth-order valence-corrected chi connectivity index (χ4v) is 1.87. The monoisotopic (exact) mass is 298 g/mol. The van der Waals surface area contributed by atoms with Crippen LogP contribution in [0.5, 0.6) is 0 Å². The lowest BCUT2D eigenvalue weighted by molar-refractivity contribution is 0.00578. The van der Waals surface area contributed by atoms with Gasteiger partial charge in [-0.2, -0.15) is 0 Å². The molecule has 0 radical (unpaired) electrons. The lowest BCUT2D eigenvalue weighted by Gasteiger charge is -2.32. The minimum absolute atomic E-state index is 0.254. The van der Waals surface area contributed by atoms with Crippen LogP contribution in [0.1, 0.15) is 33.4 Å². The quantitative estimate of drug-likeness (QED) is 0.787. The van der Waals surface area contributed by atoms with E-state index in [9.17, 15) is 0 Å². The second-order valence-electron chi connectivity index (χ2n) is 5.22. The molecular formula is C11H16BBrN2O2. The van der Waals surface area contributed by atoms with E-state index in [1.54, 1.807) is 12.4 Å². The molecule has 0 N–H and O–H groups in total. The van der Waals surface area contributed by atoms with Gasteiger partial charge in [0.05, 0.1) is 23.1 Å². The van der Waals surface area contributed by atoms with Gasteiger partial charge in [-0.15, -0.1) is 0 Å². The van der Waals surface area contributed by atoms with Crippen molar-refractivity contribution in [2.45, 2.75) is 45.2 Å². The van der Waals surface area contributed by atoms with Crippen LogP contribution in [0.15, 0.2) is 17.0 Å². The molecule has 0 unspecified atom stereocenters. The normalized spacial score (nSPS) is 21.8. The van der Waals surface area contributed by atoms with Crippen LogP contribution in [0.2, 0.25) is 0 Å². The van der Waals surface area contributed by atoms with Crippen LogP contribution in [0.4, 0.5) is 0 Å². The Morgan fingerprint density at radius 3 is 2.18 bits per heavy atom. The fraction of sp³-hybridized carbons (Fsp3) is 0.636. The van der Waals surface area contributed by atoms with Gasteiger partial charge in [0.25, 0.3) is 0 Å². The number of aromatic nitrogens is 2. The summed E-state index contributed by atoms with van der Waals surface area (Å²) in [5.74, 6) is 0. The Bertz CT molecular complexity index is 392. The lowest BCUT2D eigenvalue weighted by atomic mass is 9.83. The summed E-state index contributed by atoms with van der Waals surface area (Å²) < 4.78 is 12.5. The molecule has 2 rings (SSSR count). The molecule has 1 saturated heterocycles. The molecule has 0 aliphatic carbocycles. The molecule has 1 aromatic rings. The maximum atomic E-state index is 5.90. The smallest absolute Gasteiger partial charge is 0.403 e. The van der Waals surface area contributed by atoms with Crippen LogP contribution in [0.3, 0.4) is 0 Å². The molecule has 92 valence electrons. The van der Waals surface area contributed by atoms with Crippen molar-refractivity contribution >= 4 is 23.0 Å². The maximum Gasteiger partial charge on any atom is 0.464 e. The summed E-state index contributed by atoms with van der Waals surface area (Å²) in [5, 5.41) is 0. The van der Waals surface area contributed by atoms with Crippen molar-refractivity contribution in [2.75, 3.05) is 0 Å². The number of hydrogen-bond acceptors (Lipinski definition) is 4. The van der Waals surface area contributed by atoms with Gasteiger partial charge in [-0.3, -0.25) is 4.98 Å². The molecule has 0 saturated carbocycles. The van der Waals surface area contributed by atoms with Gasteiger partial charge < -0.3 is 9.31 Å². The Morgan fingerprint density at radius 2 is 1.71 bits per heavy atom. The highest BCUT2D eigenvalue weighted by Gasteiger charge is 2.50. The molecule has 0 atom stereocenters. The molecule has 1 aromatic heterocycles. The van der Waals surface area contributed by atoms with Crippen molar-refractivity contribution in [2.24, 2.45) is 0 Å². The Balaban J connectivity index is 2.05. The molecule has 1 aliphatic rings. The predicted molar refractivity (Wildman–Crippen MR) is 69.5 cm³/mol. The highest BCUT2D eigenvalue weighted by Crippen LogP contribution is 2.37. The van der Waals surface area contributed by atoms with Crippen molar-refractivity contribution in [3.63, 3.8) is 0 Å². The van der Waals surface area contributed by atoms with Crippen LogP contribution in [-0.2, 0) is 15.6 Å². The minimum Gasteiger partial charge on any atom is -0.403 e. The van der Waals surface area contributed by atoms with E-state index in [4.69, 9.17) is 9.31 Å². The van der Waals surface area contributed by atoms with Crippen molar-refractivity contribution in [1.82, 2.24) is 9.97 Å². The molecular weight excluding hydrogens is 283 g/mol. The fourth-order valence-electron chi connectivity index (χ4n) is 1.66. The third-order valence-corrected chi connectivity index (χ3v) is 3.76. The van der Waals surface area contributed by atoms with Gasteiger partial charge in [0, 0.05) is 12.5 Å². The predicted octanol–water partition coefficient (Wildman–Crippen LogP) is 2.41. The molecule has 0 bridgehead atoms. The third-order valence-electron chi connectivity index (χ3n) is 3.35. The summed E-state index contributed by atoms with van der Waals surface area (Å²) in [6.45, 7) is 8.17. The Kier molecular flexibility index (Phi) is 3.31. The molecule has 0 spiro atoms. The number of hydrogen-bond donors (Lipinski definition) is 0. The summed E-state index contributed by atoms with van der Waals surface area (Å²) in [4.78, 5) is 8.40. The molecule has 1 aliphatic heterocycles. The van der Waals surface area contributed by atoms with Gasteiger partial charge in [-0.1, -0.05) is 0 Å². The van der Waals surface area contributed by atoms with E-state index in [-0.39, 0.29) is 18.3 Å². The first kappa shape index (κ1) is 13.0. The first-order valence-electron chi connectivity index (χ1n) is 5.62. The Hall–Kier alpha value is -0.455. The van der Waals surface area contributed by atoms with Crippen LogP contribution in [0.25, 0.3) is 0 Å². The molecule has 1 fully saturated rings. The van der Waals surface area contributed by atoms with Crippen LogP contribution < -0.4 is 0 Å². The maximum absolute atomic E-state index is 5.90. The molecule has 4 nitrogen and oxygen atoms in total. The van der Waals surface area contributed by atoms with E-state index < -0.39 is 0 Å². The summed E-state index contributed by atoms with van der Waals surface area (Å²) in [6, 6.07) is 0. The Labute approximate surface area is 110 Å². The standard InChI is InChI=1S/C11H16BBrN2O2/c1-10(2)11(3,4)17-12(16-10)5-8-6-15-9(13)7-14-8/h6-7H,5H2,1-4H3. The molecule has 17 heavy (non-hydrogen) atoms. The zero-order valence-electron chi connectivity index (χ0n) is 10.5. The SMILES string of the molecule is CC1(C)OB(Cc2cnc(Br)cn2)OC1(C)C. The van der Waals surface area contributed by atoms with Gasteiger partial charge in [-0.25, -0.2) is 4.98 Å². The molecule has 6 heteroatoms. The second-order valence-corrected chi connectivity index (χ2v) is 6.03. The van der Waals surface area contributed by atoms with E-state index in [0.717, 1.165) is 10.3 Å². The summed E-state index contributed by atoms with van der Waals surface area (Å²) in [6.07, 6.45) is 4.03. The third kappa shape index (κ3) is 2.69. The largest absolute Gasteiger partial charge is 0.464 e. The van der Waals surface area contributed by atoms with Crippen molar-refractivity contribution < 1.29 is 9.31 Å². The van der Waals surface area contributed by atoms with Crippen molar-refractivity contribution in [3.05, 3.63) is 22.7 Å². The van der Waals surface area contributed by atoms with Gasteiger partial charge >= 0.3 is 7.12 Å². The van der Waals surface area contributed by atoms with Gasteiger partial charge in [0.15, 0.2) is 0 Å². The first-order chi connectivity index (χ1) is 7.80. The van der Waals surface area contributed by atoms with Crippen molar-refractivity contribution in [3.8, 4) is 0 Å². The summed E-state index contributed by atoms with van der Waals surface area (Å²) >= 11 is 3.26. The average molecular weight is 299 g/mol. The van der Waals surface area contributed by atoms with Crippen molar-refractivity contribution in [1.29, 1.82) is 0 Å². The van der Waals surface area contributed by atoms with Crippen LogP contribution >= 0.6 is 15.9 Å². The summed E-state index contributed by atoms with van der Waals surface area (Å²) in [5.41, 5.74) is 0.285. The lowest BCUT2D eigenvalue weighted by Crippen LogP contribution is -2.41. The number of halogens is 1. The topological polar surface area (TPSA) is 44.2 Å². The van der Waals surface area contributed by atoms with Gasteiger partial charge in [-0.05, 0) is 43.6 Å². The number of rotatable bonds is 2. The molecule has 0 amide bonds. The molecule has 0 aromatic carbocycles. The highest BCUT2D eigenvalue weighted by atomic mass is 79.9. The van der Waals surface area contributed by atoms with E-state index in [1.165, 1.54) is 0 Å². The second kappa shape index (κ2) is 4.33. The van der Waals surface area contributed by atoms with Gasteiger partial charge in [0.2, 0.25) is 0 Å². The van der Waals surface area contributed by atoms with E-state index in [2.05, 4.69) is 25.9 Å². The first-order valence-corrected chi connectivity index (χ1v) is 6.41. The Morgan fingerprint density at radius 1 is 1.12 bits per heavy atom.